The molecular weight excluding hydrogens is 332 g/mol. The second-order valence-electron chi connectivity index (χ2n) is 5.04. The summed E-state index contributed by atoms with van der Waals surface area (Å²) in [7, 11) is 1.45. The molecular formula is C17H15ClN2O4. The molecule has 124 valence electrons. The van der Waals surface area contributed by atoms with E-state index in [1.807, 2.05) is 0 Å². The minimum Gasteiger partial charge on any atom is -0.495 e. The molecule has 0 atom stereocenters. The third-order valence-corrected chi connectivity index (χ3v) is 4.05. The van der Waals surface area contributed by atoms with E-state index in [0.717, 1.165) is 4.57 Å². The number of aromatic hydroxyl groups is 1. The number of rotatable bonds is 4. The van der Waals surface area contributed by atoms with Crippen LogP contribution in [-0.2, 0) is 6.54 Å². The Morgan fingerprint density at radius 2 is 2.12 bits per heavy atom. The Balaban J connectivity index is 2.73. The first kappa shape index (κ1) is 17.6. The molecule has 0 bridgehead atoms. The first-order chi connectivity index (χ1) is 11.4. The summed E-state index contributed by atoms with van der Waals surface area (Å²) in [6.45, 7) is 3.22. The Bertz CT molecular complexity index is 926. The summed E-state index contributed by atoms with van der Waals surface area (Å²) in [5.74, 6) is -0.588. The van der Waals surface area contributed by atoms with Gasteiger partial charge >= 0.3 is 0 Å². The van der Waals surface area contributed by atoms with Gasteiger partial charge in [0.1, 0.15) is 17.4 Å². The molecule has 1 aromatic heterocycles. The van der Waals surface area contributed by atoms with Gasteiger partial charge in [-0.25, -0.2) is 0 Å². The number of methoxy groups -OCH3 is 1. The van der Waals surface area contributed by atoms with E-state index in [1.165, 1.54) is 32.2 Å². The number of benzene rings is 1. The number of hydrogen-bond donors (Lipinski definition) is 1. The lowest BCUT2D eigenvalue weighted by molar-refractivity contribution is 0.103. The number of halogens is 1. The Morgan fingerprint density at radius 3 is 2.62 bits per heavy atom. The van der Waals surface area contributed by atoms with Gasteiger partial charge in [-0.2, -0.15) is 5.26 Å². The van der Waals surface area contributed by atoms with E-state index < -0.39 is 17.2 Å². The van der Waals surface area contributed by atoms with E-state index >= 15 is 0 Å². The fourth-order valence-corrected chi connectivity index (χ4v) is 2.73. The molecule has 1 aromatic carbocycles. The summed E-state index contributed by atoms with van der Waals surface area (Å²) < 4.78 is 6.03. The number of carbonyl (C=O) groups is 1. The van der Waals surface area contributed by atoms with Crippen LogP contribution in [0.3, 0.4) is 0 Å². The van der Waals surface area contributed by atoms with Crippen molar-refractivity contribution in [3.8, 4) is 17.7 Å². The average Bonchev–Trinajstić information content (AvgIpc) is 2.55. The predicted molar refractivity (Wildman–Crippen MR) is 88.9 cm³/mol. The second-order valence-corrected chi connectivity index (χ2v) is 5.45. The fraction of sp³-hybridized carbons (Fsp3) is 0.235. The van der Waals surface area contributed by atoms with E-state index in [1.54, 1.807) is 13.0 Å². The maximum atomic E-state index is 12.8. The quantitative estimate of drug-likeness (QED) is 0.859. The Labute approximate surface area is 143 Å². The van der Waals surface area contributed by atoms with Crippen LogP contribution in [0.2, 0.25) is 5.02 Å². The van der Waals surface area contributed by atoms with Crippen molar-refractivity contribution in [1.29, 1.82) is 5.26 Å². The van der Waals surface area contributed by atoms with Gasteiger partial charge in [-0.1, -0.05) is 11.6 Å². The smallest absolute Gasteiger partial charge is 0.271 e. The molecule has 24 heavy (non-hydrogen) atoms. The summed E-state index contributed by atoms with van der Waals surface area (Å²) >= 11 is 6.04. The molecule has 0 saturated heterocycles. The zero-order valence-electron chi connectivity index (χ0n) is 13.4. The summed E-state index contributed by atoms with van der Waals surface area (Å²) in [6, 6.07) is 6.24. The molecule has 1 N–H and O–H groups in total. The molecule has 0 saturated carbocycles. The largest absolute Gasteiger partial charge is 0.495 e. The van der Waals surface area contributed by atoms with E-state index in [4.69, 9.17) is 16.3 Å². The van der Waals surface area contributed by atoms with Gasteiger partial charge in [-0.3, -0.25) is 14.2 Å². The highest BCUT2D eigenvalue weighted by Crippen LogP contribution is 2.29. The lowest BCUT2D eigenvalue weighted by Crippen LogP contribution is -2.26. The third-order valence-electron chi connectivity index (χ3n) is 3.76. The molecule has 0 fully saturated rings. The molecule has 0 aliphatic heterocycles. The summed E-state index contributed by atoms with van der Waals surface area (Å²) in [4.78, 5) is 25.0. The molecule has 1 heterocycles. The zero-order valence-corrected chi connectivity index (χ0v) is 14.1. The minimum absolute atomic E-state index is 0.0887. The van der Waals surface area contributed by atoms with Crippen molar-refractivity contribution >= 4 is 17.4 Å². The number of nitriles is 1. The van der Waals surface area contributed by atoms with Crippen LogP contribution >= 0.6 is 11.6 Å². The van der Waals surface area contributed by atoms with Gasteiger partial charge in [0.25, 0.3) is 5.56 Å². The van der Waals surface area contributed by atoms with Crippen molar-refractivity contribution in [2.75, 3.05) is 7.11 Å². The number of nitrogens with zero attached hydrogens (tertiary/aromatic N) is 2. The SMILES string of the molecule is CCn1c(O)c(C(=O)c2ccc(OC)c(Cl)c2)c(C)c(C#N)c1=O. The molecule has 0 unspecified atom stereocenters. The number of aromatic nitrogens is 1. The van der Waals surface area contributed by atoms with Gasteiger partial charge in [-0.05, 0) is 37.6 Å². The standard InChI is InChI=1S/C17H15ClN2O4/c1-4-20-16(22)11(8-19)9(2)14(17(20)23)15(21)10-5-6-13(24-3)12(18)7-10/h5-7,23H,4H2,1-3H3. The van der Waals surface area contributed by atoms with Gasteiger partial charge < -0.3 is 9.84 Å². The van der Waals surface area contributed by atoms with Gasteiger partial charge in [-0.15, -0.1) is 0 Å². The van der Waals surface area contributed by atoms with Crippen LogP contribution in [-0.4, -0.2) is 22.6 Å². The number of pyridine rings is 1. The van der Waals surface area contributed by atoms with Crippen molar-refractivity contribution < 1.29 is 14.6 Å². The highest BCUT2D eigenvalue weighted by molar-refractivity contribution is 6.32. The number of ether oxygens (including phenoxy) is 1. The third kappa shape index (κ3) is 2.74. The Kier molecular flexibility index (Phi) is 4.96. The van der Waals surface area contributed by atoms with Gasteiger partial charge in [0.15, 0.2) is 5.78 Å². The summed E-state index contributed by atoms with van der Waals surface area (Å²) in [6.07, 6.45) is 0. The van der Waals surface area contributed by atoms with Crippen molar-refractivity contribution in [2.45, 2.75) is 20.4 Å². The van der Waals surface area contributed by atoms with Crippen molar-refractivity contribution in [3.63, 3.8) is 0 Å². The van der Waals surface area contributed by atoms with E-state index in [-0.39, 0.29) is 33.8 Å². The molecule has 0 spiro atoms. The van der Waals surface area contributed by atoms with Gasteiger partial charge in [0.05, 0.1) is 17.7 Å². The molecule has 0 aliphatic rings. The molecule has 2 aromatic rings. The van der Waals surface area contributed by atoms with Crippen LogP contribution in [0, 0.1) is 18.3 Å². The predicted octanol–water partition coefficient (Wildman–Crippen LogP) is 2.65. The fourth-order valence-electron chi connectivity index (χ4n) is 2.47. The molecule has 0 amide bonds. The van der Waals surface area contributed by atoms with Crippen molar-refractivity contribution in [1.82, 2.24) is 4.57 Å². The molecule has 7 heteroatoms. The van der Waals surface area contributed by atoms with Crippen molar-refractivity contribution in [3.05, 3.63) is 55.8 Å². The van der Waals surface area contributed by atoms with E-state index in [0.29, 0.717) is 5.75 Å². The Hall–Kier alpha value is -2.78. The van der Waals surface area contributed by atoms with Crippen LogP contribution in [0.5, 0.6) is 11.6 Å². The zero-order chi connectivity index (χ0) is 18.0. The first-order valence-corrected chi connectivity index (χ1v) is 7.49. The molecule has 0 radical (unpaired) electrons. The number of carbonyl (C=O) groups excluding carboxylic acids is 1. The molecule has 0 aliphatic carbocycles. The maximum Gasteiger partial charge on any atom is 0.271 e. The summed E-state index contributed by atoms with van der Waals surface area (Å²) in [5.41, 5.74) is -0.530. The monoisotopic (exact) mass is 346 g/mol. The average molecular weight is 347 g/mol. The normalized spacial score (nSPS) is 10.3. The lowest BCUT2D eigenvalue weighted by Gasteiger charge is -2.14. The van der Waals surface area contributed by atoms with E-state index in [9.17, 15) is 20.0 Å². The molecule has 2 rings (SSSR count). The number of hydrogen-bond acceptors (Lipinski definition) is 5. The van der Waals surface area contributed by atoms with Crippen molar-refractivity contribution in [2.24, 2.45) is 0 Å². The van der Waals surface area contributed by atoms with E-state index in [2.05, 4.69) is 0 Å². The van der Waals surface area contributed by atoms with Gasteiger partial charge in [0, 0.05) is 12.1 Å². The lowest BCUT2D eigenvalue weighted by atomic mass is 9.97. The first-order valence-electron chi connectivity index (χ1n) is 7.12. The minimum atomic E-state index is -0.626. The summed E-state index contributed by atoms with van der Waals surface area (Å²) in [5, 5.41) is 19.8. The van der Waals surface area contributed by atoms with Crippen LogP contribution in [0.4, 0.5) is 0 Å². The highest BCUT2D eigenvalue weighted by atomic mass is 35.5. The van der Waals surface area contributed by atoms with Crippen LogP contribution < -0.4 is 10.3 Å². The Morgan fingerprint density at radius 1 is 1.46 bits per heavy atom. The van der Waals surface area contributed by atoms with Crippen LogP contribution in [0.1, 0.15) is 34.0 Å². The van der Waals surface area contributed by atoms with Crippen LogP contribution in [0.25, 0.3) is 0 Å². The number of ketones is 1. The maximum absolute atomic E-state index is 12.8. The highest BCUT2D eigenvalue weighted by Gasteiger charge is 2.24. The second kappa shape index (κ2) is 6.77. The topological polar surface area (TPSA) is 92.3 Å². The van der Waals surface area contributed by atoms with Gasteiger partial charge in [0.2, 0.25) is 5.88 Å². The molecule has 6 nitrogen and oxygen atoms in total. The van der Waals surface area contributed by atoms with Crippen LogP contribution in [0.15, 0.2) is 23.0 Å².